The molecular weight excluding hydrogens is 468 g/mol. The largest absolute Gasteiger partial charge is 0.598 e. The van der Waals surface area contributed by atoms with Crippen molar-refractivity contribution in [2.75, 3.05) is 0 Å². The fourth-order valence-corrected chi connectivity index (χ4v) is 5.53. The number of azide groups is 1. The molecule has 0 aromatic heterocycles. The maximum absolute atomic E-state index is 12.8. The van der Waals surface area contributed by atoms with Crippen LogP contribution in [0.1, 0.15) is 45.2 Å². The van der Waals surface area contributed by atoms with E-state index in [2.05, 4.69) is 14.7 Å². The Morgan fingerprint density at radius 2 is 1.91 bits per heavy atom. The Labute approximate surface area is 209 Å². The van der Waals surface area contributed by atoms with Crippen molar-refractivity contribution in [2.24, 2.45) is 5.11 Å². The Hall–Kier alpha value is -1.71. The van der Waals surface area contributed by atoms with Gasteiger partial charge in [-0.05, 0) is 64.3 Å². The monoisotopic (exact) mass is 502 g/mol. The van der Waals surface area contributed by atoms with Gasteiger partial charge in [0, 0.05) is 21.2 Å². The van der Waals surface area contributed by atoms with Crippen LogP contribution in [0.5, 0.6) is 0 Å². The van der Waals surface area contributed by atoms with E-state index in [-0.39, 0.29) is 23.7 Å². The molecule has 7 nitrogen and oxygen atoms in total. The molecule has 2 aromatic rings. The van der Waals surface area contributed by atoms with E-state index in [4.69, 9.17) is 9.47 Å². The molecule has 1 aliphatic rings. The number of nitrogens with one attached hydrogen (secondary N) is 1. The lowest BCUT2D eigenvalue weighted by Gasteiger charge is -2.42. The number of nitrogens with zero attached hydrogens (tertiary/aromatic N) is 3. The molecule has 1 saturated heterocycles. The lowest BCUT2D eigenvalue weighted by Crippen LogP contribution is -2.57. The predicted octanol–water partition coefficient (Wildman–Crippen LogP) is 5.91. The summed E-state index contributed by atoms with van der Waals surface area (Å²) in [5.74, 6) is 0. The van der Waals surface area contributed by atoms with Gasteiger partial charge in [0.15, 0.2) is 0 Å². The number of aryl methyl sites for hydroxylation is 1. The third-order valence-electron chi connectivity index (χ3n) is 5.57. The molecule has 1 N–H and O–H groups in total. The maximum Gasteiger partial charge on any atom is 0.136 e. The molecular formula is C25H34N4O3S2. The topological polar surface area (TPSA) is 102 Å². The number of rotatable bonds is 9. The average Bonchev–Trinajstić information content (AvgIpc) is 2.80. The van der Waals surface area contributed by atoms with E-state index in [9.17, 15) is 10.1 Å². The van der Waals surface area contributed by atoms with Gasteiger partial charge in [0.1, 0.15) is 16.3 Å². The zero-order valence-electron chi connectivity index (χ0n) is 20.4. The van der Waals surface area contributed by atoms with Crippen LogP contribution in [0.25, 0.3) is 10.4 Å². The fourth-order valence-electron chi connectivity index (χ4n) is 3.63. The summed E-state index contributed by atoms with van der Waals surface area (Å²) in [5, 5.41) is 4.05. The molecule has 1 aliphatic heterocycles. The highest BCUT2D eigenvalue weighted by atomic mass is 32.2. The van der Waals surface area contributed by atoms with Crippen molar-refractivity contribution in [2.45, 2.75) is 87.0 Å². The summed E-state index contributed by atoms with van der Waals surface area (Å²) in [6.07, 6.45) is -0.188. The number of hydrogen-bond donors (Lipinski definition) is 1. The minimum absolute atomic E-state index is 0.242. The second-order valence-electron chi connectivity index (χ2n) is 9.53. The zero-order valence-corrected chi connectivity index (χ0v) is 22.0. The van der Waals surface area contributed by atoms with Crippen LogP contribution in [0.15, 0.2) is 64.6 Å². The summed E-state index contributed by atoms with van der Waals surface area (Å²) >= 11 is 0.275. The molecule has 9 heteroatoms. The van der Waals surface area contributed by atoms with Crippen LogP contribution < -0.4 is 4.72 Å². The number of hydrogen-bond acceptors (Lipinski definition) is 6. The maximum atomic E-state index is 12.8. The van der Waals surface area contributed by atoms with Crippen LogP contribution in [0.4, 0.5) is 0 Å². The molecule has 0 saturated carbocycles. The third kappa shape index (κ3) is 7.65. The van der Waals surface area contributed by atoms with Crippen LogP contribution in [0.3, 0.4) is 0 Å². The van der Waals surface area contributed by atoms with E-state index < -0.39 is 22.2 Å². The Balaban J connectivity index is 1.81. The first kappa shape index (κ1) is 26.9. The van der Waals surface area contributed by atoms with Gasteiger partial charge in [-0.2, -0.15) is 0 Å². The Morgan fingerprint density at radius 1 is 1.24 bits per heavy atom. The van der Waals surface area contributed by atoms with Crippen molar-refractivity contribution >= 4 is 23.1 Å². The molecule has 2 unspecified atom stereocenters. The second-order valence-corrected chi connectivity index (χ2v) is 12.7. The average molecular weight is 503 g/mol. The molecule has 0 amide bonds. The number of benzene rings is 2. The highest BCUT2D eigenvalue weighted by Gasteiger charge is 2.43. The van der Waals surface area contributed by atoms with E-state index in [1.165, 1.54) is 17.3 Å². The van der Waals surface area contributed by atoms with Gasteiger partial charge in [-0.15, -0.1) is 4.72 Å². The van der Waals surface area contributed by atoms with Gasteiger partial charge in [0.2, 0.25) is 0 Å². The highest BCUT2D eigenvalue weighted by Crippen LogP contribution is 2.37. The minimum Gasteiger partial charge on any atom is -0.598 e. The van der Waals surface area contributed by atoms with Crippen molar-refractivity contribution in [1.29, 1.82) is 0 Å². The summed E-state index contributed by atoms with van der Waals surface area (Å²) in [7, 11) is 0. The number of thioether (sulfide) groups is 1. The first-order valence-corrected chi connectivity index (χ1v) is 13.5. The first-order chi connectivity index (χ1) is 16.2. The first-order valence-electron chi connectivity index (χ1n) is 11.4. The molecule has 3 rings (SSSR count). The summed E-state index contributed by atoms with van der Waals surface area (Å²) in [5.41, 5.74) is 11.1. The molecule has 1 heterocycles. The minimum atomic E-state index is -1.26. The quantitative estimate of drug-likeness (QED) is 0.199. The molecule has 1 fully saturated rings. The van der Waals surface area contributed by atoms with E-state index in [1.54, 1.807) is 0 Å². The molecule has 0 aliphatic carbocycles. The Kier molecular flexibility index (Phi) is 9.74. The standard InChI is InChI=1S/C25H34N4O3S2/c1-17-11-13-20(14-12-17)33-24-21(27-29-26)15-22(31-16-19-9-7-6-8-10-19)23(32-24)18(2)28-34(30)25(3,4)5/h6-14,18,21-24,28H,15-16H2,1-5H3/t18-,21-,22+,23-,24?,34?/m1/s1. The normalized spacial score (nSPS) is 24.8. The van der Waals surface area contributed by atoms with Gasteiger partial charge < -0.3 is 14.0 Å². The van der Waals surface area contributed by atoms with Crippen molar-refractivity contribution in [3.8, 4) is 0 Å². The van der Waals surface area contributed by atoms with Gasteiger partial charge in [0.05, 0.1) is 24.8 Å². The fraction of sp³-hybridized carbons (Fsp3) is 0.520. The molecule has 2 aromatic carbocycles. The van der Waals surface area contributed by atoms with Gasteiger partial charge >= 0.3 is 0 Å². The van der Waals surface area contributed by atoms with Gasteiger partial charge in [-0.25, -0.2) is 0 Å². The summed E-state index contributed by atoms with van der Waals surface area (Å²) in [6.45, 7) is 10.2. The van der Waals surface area contributed by atoms with E-state index in [1.807, 2.05) is 89.2 Å². The van der Waals surface area contributed by atoms with E-state index >= 15 is 0 Å². The van der Waals surface area contributed by atoms with Crippen LogP contribution in [-0.2, 0) is 27.4 Å². The lowest BCUT2D eigenvalue weighted by molar-refractivity contribution is -0.135. The molecule has 34 heavy (non-hydrogen) atoms. The third-order valence-corrected chi connectivity index (χ3v) is 8.47. The predicted molar refractivity (Wildman–Crippen MR) is 139 cm³/mol. The molecule has 0 radical (unpaired) electrons. The highest BCUT2D eigenvalue weighted by molar-refractivity contribution is 7.99. The molecule has 0 spiro atoms. The SMILES string of the molecule is Cc1ccc(SC2O[C@H]([C@@H](C)N[S+]([O-])C(C)(C)C)[C@@H](OCc3ccccc3)C[C@H]2N=[N+]=[N-])cc1. The van der Waals surface area contributed by atoms with Crippen molar-refractivity contribution in [1.82, 2.24) is 4.72 Å². The smallest absolute Gasteiger partial charge is 0.136 e. The lowest BCUT2D eigenvalue weighted by atomic mass is 9.97. The Bertz CT molecular complexity index is 949. The van der Waals surface area contributed by atoms with Crippen LogP contribution in [0, 0.1) is 6.92 Å². The van der Waals surface area contributed by atoms with Crippen LogP contribution in [-0.4, -0.2) is 39.0 Å². The van der Waals surface area contributed by atoms with Gasteiger partial charge in [0.25, 0.3) is 0 Å². The second kappa shape index (κ2) is 12.3. The van der Waals surface area contributed by atoms with Crippen molar-refractivity contribution < 1.29 is 14.0 Å². The molecule has 0 bridgehead atoms. The molecule has 6 atom stereocenters. The van der Waals surface area contributed by atoms with E-state index in [0.717, 1.165) is 10.5 Å². The summed E-state index contributed by atoms with van der Waals surface area (Å²) in [4.78, 5) is 4.12. The van der Waals surface area contributed by atoms with Crippen molar-refractivity contribution in [3.63, 3.8) is 0 Å². The summed E-state index contributed by atoms with van der Waals surface area (Å²) < 4.78 is 28.5. The Morgan fingerprint density at radius 3 is 2.53 bits per heavy atom. The van der Waals surface area contributed by atoms with Gasteiger partial charge in [-0.1, -0.05) is 64.9 Å². The number of ether oxygens (including phenoxy) is 2. The molecule has 184 valence electrons. The van der Waals surface area contributed by atoms with E-state index in [0.29, 0.717) is 13.0 Å². The zero-order chi connectivity index (χ0) is 24.7. The van der Waals surface area contributed by atoms with Crippen LogP contribution >= 0.6 is 11.8 Å². The van der Waals surface area contributed by atoms with Crippen LogP contribution in [0.2, 0.25) is 0 Å². The van der Waals surface area contributed by atoms with Crippen molar-refractivity contribution in [3.05, 3.63) is 76.2 Å². The summed E-state index contributed by atoms with van der Waals surface area (Å²) in [6, 6.07) is 17.5. The van der Waals surface area contributed by atoms with Gasteiger partial charge in [-0.3, -0.25) is 0 Å².